The van der Waals surface area contributed by atoms with Gasteiger partial charge in [0.05, 0.1) is 42.1 Å². The highest BCUT2D eigenvalue weighted by Crippen LogP contribution is 2.48. The van der Waals surface area contributed by atoms with E-state index in [1.54, 1.807) is 33.2 Å². The molecule has 1 saturated carbocycles. The van der Waals surface area contributed by atoms with Crippen molar-refractivity contribution in [1.29, 1.82) is 0 Å². The highest BCUT2D eigenvalue weighted by Gasteiger charge is 2.43. The van der Waals surface area contributed by atoms with Gasteiger partial charge < -0.3 is 19.1 Å². The monoisotopic (exact) mass is 752 g/mol. The maximum Gasteiger partial charge on any atom is 0.264 e. The second-order valence-electron chi connectivity index (χ2n) is 16.3. The van der Waals surface area contributed by atoms with Crippen molar-refractivity contribution in [3.63, 3.8) is 0 Å². The lowest BCUT2D eigenvalue weighted by molar-refractivity contribution is 0.0472. The van der Waals surface area contributed by atoms with Crippen LogP contribution in [0.1, 0.15) is 122 Å². The van der Waals surface area contributed by atoms with Gasteiger partial charge in [0, 0.05) is 53.2 Å². The zero-order chi connectivity index (χ0) is 38.1. The number of hydrogen-bond acceptors (Lipinski definition) is 7. The number of hydrogen-bond donors (Lipinski definition) is 1. The maximum absolute atomic E-state index is 14.8. The number of aromatic nitrogens is 3. The molecule has 2 unspecified atom stereocenters. The summed E-state index contributed by atoms with van der Waals surface area (Å²) in [5.74, 6) is 0.434. The molecule has 2 atom stereocenters. The maximum atomic E-state index is 14.8. The number of carbonyl (C=O) groups is 2. The van der Waals surface area contributed by atoms with Gasteiger partial charge in [-0.3, -0.25) is 14.3 Å². The van der Waals surface area contributed by atoms with Crippen molar-refractivity contribution >= 4 is 44.4 Å². The molecule has 8 rings (SSSR count). The van der Waals surface area contributed by atoms with Crippen LogP contribution in [0.15, 0.2) is 42.6 Å². The van der Waals surface area contributed by atoms with Gasteiger partial charge in [-0.25, -0.2) is 13.1 Å². The minimum absolute atomic E-state index is 0.0171. The first-order chi connectivity index (χ1) is 25.9. The van der Waals surface area contributed by atoms with Crippen LogP contribution in [0.5, 0.6) is 5.75 Å². The fraction of sp³-hybridized carbons (Fsp3) is 0.500. The number of ether oxygens (including phenoxy) is 1. The first-order valence-corrected chi connectivity index (χ1v) is 21.1. The van der Waals surface area contributed by atoms with Gasteiger partial charge in [-0.2, -0.15) is 5.10 Å². The highest BCUT2D eigenvalue weighted by atomic mass is 32.2. The Morgan fingerprint density at radius 3 is 2.31 bits per heavy atom. The fourth-order valence-corrected chi connectivity index (χ4v) is 10.1. The molecule has 0 spiro atoms. The van der Waals surface area contributed by atoms with E-state index in [-0.39, 0.29) is 29.6 Å². The van der Waals surface area contributed by atoms with Gasteiger partial charge in [0.25, 0.3) is 11.8 Å². The summed E-state index contributed by atoms with van der Waals surface area (Å²) in [7, 11) is -0.0261. The number of carbonyl (C=O) groups excluding carboxylic acids is 2. The third kappa shape index (κ3) is 6.24. The summed E-state index contributed by atoms with van der Waals surface area (Å²) in [5.41, 5.74) is 7.86. The van der Waals surface area contributed by atoms with Crippen LogP contribution in [0.3, 0.4) is 0 Å². The number of nitrogens with zero attached hydrogens (tertiary/aromatic N) is 5. The topological polar surface area (TPSA) is 119 Å². The van der Waals surface area contributed by atoms with Crippen molar-refractivity contribution in [2.24, 2.45) is 0 Å². The van der Waals surface area contributed by atoms with Crippen molar-refractivity contribution < 1.29 is 22.7 Å². The van der Waals surface area contributed by atoms with Gasteiger partial charge in [-0.05, 0) is 119 Å². The SMILES string of the molecule is COc1ccc2c(c1)C=C(c1c(C(=O)N3C4CCC3CN(C)C4)cnn1C(C)C)Cn1c-2c(C2CCCCC2)c2ccc(C(=O)NS(=O)(=O)C(C)C)cc21. The zero-order valence-corrected chi connectivity index (χ0v) is 33.1. The average molecular weight is 753 g/mol. The Hall–Kier alpha value is -4.42. The zero-order valence-electron chi connectivity index (χ0n) is 32.3. The number of amides is 2. The average Bonchev–Trinajstić information content (AvgIpc) is 3.77. The Kier molecular flexibility index (Phi) is 9.49. The second-order valence-corrected chi connectivity index (χ2v) is 18.6. The predicted octanol–water partition coefficient (Wildman–Crippen LogP) is 7.08. The summed E-state index contributed by atoms with van der Waals surface area (Å²) >= 11 is 0. The van der Waals surface area contributed by atoms with Crippen LogP contribution in [0.2, 0.25) is 0 Å². The lowest BCUT2D eigenvalue weighted by Gasteiger charge is -2.39. The first-order valence-electron chi connectivity index (χ1n) is 19.6. The number of benzene rings is 2. The molecule has 12 heteroatoms. The lowest BCUT2D eigenvalue weighted by Crippen LogP contribution is -2.54. The van der Waals surface area contributed by atoms with E-state index in [0.717, 1.165) is 96.4 Å². The molecule has 1 aliphatic carbocycles. The molecular weight excluding hydrogens is 701 g/mol. The smallest absolute Gasteiger partial charge is 0.264 e. The Morgan fingerprint density at radius 2 is 1.65 bits per heavy atom. The van der Waals surface area contributed by atoms with Gasteiger partial charge in [0.1, 0.15) is 5.75 Å². The molecule has 3 fully saturated rings. The normalized spacial score (nSPS) is 20.6. The number of allylic oxidation sites excluding steroid dienone is 1. The largest absolute Gasteiger partial charge is 0.497 e. The van der Waals surface area contributed by atoms with Crippen molar-refractivity contribution in [3.05, 3.63) is 70.5 Å². The van der Waals surface area contributed by atoms with E-state index in [1.165, 1.54) is 12.0 Å². The van der Waals surface area contributed by atoms with E-state index in [0.29, 0.717) is 18.0 Å². The quantitative estimate of drug-likeness (QED) is 0.204. The van der Waals surface area contributed by atoms with Gasteiger partial charge >= 0.3 is 0 Å². The van der Waals surface area contributed by atoms with Gasteiger partial charge in [-0.15, -0.1) is 0 Å². The Bertz CT molecular complexity index is 2260. The van der Waals surface area contributed by atoms with E-state index in [4.69, 9.17) is 9.84 Å². The van der Waals surface area contributed by atoms with E-state index in [9.17, 15) is 18.0 Å². The summed E-state index contributed by atoms with van der Waals surface area (Å²) in [4.78, 5) is 32.8. The van der Waals surface area contributed by atoms with Crippen LogP contribution in [-0.4, -0.2) is 89.0 Å². The number of sulfonamides is 1. The van der Waals surface area contributed by atoms with Gasteiger partial charge in [0.2, 0.25) is 10.0 Å². The minimum atomic E-state index is -3.84. The molecule has 2 saturated heterocycles. The Labute approximate surface area is 318 Å². The summed E-state index contributed by atoms with van der Waals surface area (Å²) in [6.07, 6.45) is 11.6. The van der Waals surface area contributed by atoms with E-state index in [2.05, 4.69) is 58.2 Å². The van der Waals surface area contributed by atoms with Crippen LogP contribution in [0.4, 0.5) is 0 Å². The van der Waals surface area contributed by atoms with E-state index >= 15 is 0 Å². The van der Waals surface area contributed by atoms with Crippen molar-refractivity contribution in [1.82, 2.24) is 28.9 Å². The number of likely N-dealkylation sites (tertiary alicyclic amines) is 1. The van der Waals surface area contributed by atoms with Crippen molar-refractivity contribution in [2.45, 2.75) is 108 Å². The predicted molar refractivity (Wildman–Crippen MR) is 212 cm³/mol. The van der Waals surface area contributed by atoms with Crippen molar-refractivity contribution in [3.8, 4) is 17.0 Å². The number of fused-ring (bicyclic) bond motifs is 7. The molecule has 2 amide bonds. The number of methoxy groups -OCH3 is 1. The second kappa shape index (κ2) is 14.0. The Balaban J connectivity index is 1.34. The Morgan fingerprint density at radius 1 is 0.926 bits per heavy atom. The summed E-state index contributed by atoms with van der Waals surface area (Å²) in [5, 5.41) is 5.18. The van der Waals surface area contributed by atoms with Gasteiger partial charge in [0.15, 0.2) is 0 Å². The molecule has 0 radical (unpaired) electrons. The van der Waals surface area contributed by atoms with E-state index < -0.39 is 21.2 Å². The summed E-state index contributed by atoms with van der Waals surface area (Å²) in [6, 6.07) is 12.1. The lowest BCUT2D eigenvalue weighted by atomic mass is 9.81. The summed E-state index contributed by atoms with van der Waals surface area (Å²) in [6.45, 7) is 9.43. The molecule has 5 heterocycles. The number of likely N-dealkylation sites (N-methyl/N-ethyl adjacent to an activating group) is 1. The van der Waals surface area contributed by atoms with Crippen LogP contribution in [0.25, 0.3) is 33.8 Å². The van der Waals surface area contributed by atoms with Crippen LogP contribution in [0, 0.1) is 0 Å². The van der Waals surface area contributed by atoms with Crippen LogP contribution in [-0.2, 0) is 16.6 Å². The van der Waals surface area contributed by atoms with E-state index in [1.807, 2.05) is 22.9 Å². The molecule has 2 aromatic heterocycles. The molecule has 286 valence electrons. The molecular formula is C42H52N6O5S. The van der Waals surface area contributed by atoms with Gasteiger partial charge in [-0.1, -0.05) is 25.3 Å². The molecule has 4 aliphatic rings. The number of nitrogens with one attached hydrogen (secondary N) is 1. The third-order valence-corrected chi connectivity index (χ3v) is 13.8. The standard InChI is InChI=1S/C42H52N6O5S/c1-25(2)48-39(36(21-43-48)42(50)47-31-13-14-32(47)24-45(5)23-31)30-18-29-19-33(53-6)15-17-34(29)40-38(27-10-8-7-9-11-27)35-16-12-28(20-37(35)46(40)22-30)41(49)44-54(51,52)26(3)4/h12,15-21,25-27,31-32H,7-11,13-14,22-24H2,1-6H3,(H,44,49). The first kappa shape index (κ1) is 36.6. The van der Waals surface area contributed by atoms with Crippen molar-refractivity contribution in [2.75, 3.05) is 27.2 Å². The third-order valence-electron chi connectivity index (χ3n) is 12.1. The molecule has 2 bridgehead atoms. The molecule has 3 aliphatic heterocycles. The van der Waals surface area contributed by atoms with Crippen LogP contribution >= 0.6 is 0 Å². The highest BCUT2D eigenvalue weighted by molar-refractivity contribution is 7.90. The molecule has 4 aromatic rings. The summed E-state index contributed by atoms with van der Waals surface area (Å²) < 4.78 is 37.9. The minimum Gasteiger partial charge on any atom is -0.497 e. The molecule has 11 nitrogen and oxygen atoms in total. The number of rotatable bonds is 8. The molecule has 1 N–H and O–H groups in total. The number of piperazine rings is 1. The molecule has 54 heavy (non-hydrogen) atoms. The van der Waals surface area contributed by atoms with Crippen LogP contribution < -0.4 is 9.46 Å². The molecule has 2 aromatic carbocycles. The fourth-order valence-electron chi connectivity index (χ4n) is 9.45.